The van der Waals surface area contributed by atoms with Crippen molar-refractivity contribution in [2.45, 2.75) is 45.9 Å². The van der Waals surface area contributed by atoms with E-state index in [1.165, 1.54) is 4.80 Å². The van der Waals surface area contributed by atoms with Crippen molar-refractivity contribution >= 4 is 18.0 Å². The molecule has 0 bridgehead atoms. The number of alkyl carbamates (subject to hydrolysis) is 1. The molecular formula is C21H27N5O6. The highest BCUT2D eigenvalue weighted by Gasteiger charge is 2.61. The fraction of sp³-hybridized carbons (Fsp3) is 0.524. The van der Waals surface area contributed by atoms with Gasteiger partial charge < -0.3 is 19.9 Å². The molecule has 32 heavy (non-hydrogen) atoms. The third-order valence-electron chi connectivity index (χ3n) is 4.97. The van der Waals surface area contributed by atoms with Gasteiger partial charge in [-0.2, -0.15) is 4.80 Å². The molecule has 0 radical (unpaired) electrons. The minimum absolute atomic E-state index is 0.147. The van der Waals surface area contributed by atoms with Gasteiger partial charge in [-0.3, -0.25) is 4.79 Å². The van der Waals surface area contributed by atoms with Crippen LogP contribution >= 0.6 is 0 Å². The lowest BCUT2D eigenvalue weighted by Crippen LogP contribution is -2.45. The first-order valence-electron chi connectivity index (χ1n) is 10.3. The van der Waals surface area contributed by atoms with Crippen molar-refractivity contribution in [3.63, 3.8) is 0 Å². The van der Waals surface area contributed by atoms with Crippen LogP contribution in [0.5, 0.6) is 0 Å². The number of hydrogen-bond donors (Lipinski definition) is 2. The second-order valence-corrected chi connectivity index (χ2v) is 8.52. The van der Waals surface area contributed by atoms with Gasteiger partial charge in [-0.1, -0.05) is 30.3 Å². The zero-order valence-electron chi connectivity index (χ0n) is 18.4. The number of carbonyl (C=O) groups excluding carboxylic acids is 2. The molecule has 1 aliphatic carbocycles. The van der Waals surface area contributed by atoms with Gasteiger partial charge in [0.2, 0.25) is 5.82 Å². The number of aromatic nitrogens is 4. The third kappa shape index (κ3) is 5.59. The first-order valence-corrected chi connectivity index (χ1v) is 10.3. The molecule has 4 atom stereocenters. The Morgan fingerprint density at radius 2 is 1.91 bits per heavy atom. The van der Waals surface area contributed by atoms with Crippen molar-refractivity contribution in [2.24, 2.45) is 17.8 Å². The molecule has 172 valence electrons. The maximum Gasteiger partial charge on any atom is 0.408 e. The Hall–Kier alpha value is -3.50. The molecule has 3 rings (SSSR count). The fourth-order valence-electron chi connectivity index (χ4n) is 3.63. The number of aliphatic carboxylic acids is 1. The van der Waals surface area contributed by atoms with Crippen molar-refractivity contribution in [3.8, 4) is 11.4 Å². The third-order valence-corrected chi connectivity index (χ3v) is 4.97. The molecule has 1 amide bonds. The fourth-order valence-corrected chi connectivity index (χ4v) is 3.63. The molecule has 4 unspecified atom stereocenters. The lowest BCUT2D eigenvalue weighted by molar-refractivity contribution is -0.145. The number of amides is 1. The molecule has 1 aromatic carbocycles. The number of esters is 1. The number of benzene rings is 1. The molecule has 0 aliphatic heterocycles. The molecule has 1 fully saturated rings. The van der Waals surface area contributed by atoms with E-state index in [2.05, 4.69) is 20.7 Å². The van der Waals surface area contributed by atoms with E-state index in [1.54, 1.807) is 27.7 Å². The molecule has 1 aromatic heterocycles. The van der Waals surface area contributed by atoms with E-state index in [0.29, 0.717) is 5.82 Å². The first-order chi connectivity index (χ1) is 15.1. The molecular weight excluding hydrogens is 418 g/mol. The summed E-state index contributed by atoms with van der Waals surface area (Å²) in [5, 5.41) is 24.5. The monoisotopic (exact) mass is 445 g/mol. The van der Waals surface area contributed by atoms with Gasteiger partial charge in [0.15, 0.2) is 0 Å². The van der Waals surface area contributed by atoms with Crippen LogP contribution in [0.2, 0.25) is 0 Å². The van der Waals surface area contributed by atoms with E-state index in [9.17, 15) is 19.5 Å². The lowest BCUT2D eigenvalue weighted by atomic mass is 10.1. The van der Waals surface area contributed by atoms with Gasteiger partial charge in [-0.15, -0.1) is 10.2 Å². The van der Waals surface area contributed by atoms with Crippen molar-refractivity contribution in [1.29, 1.82) is 0 Å². The van der Waals surface area contributed by atoms with Crippen molar-refractivity contribution in [3.05, 3.63) is 30.3 Å². The van der Waals surface area contributed by atoms with Crippen LogP contribution in [0.1, 0.15) is 27.7 Å². The Morgan fingerprint density at radius 3 is 2.50 bits per heavy atom. The normalized spacial score (nSPS) is 20.8. The van der Waals surface area contributed by atoms with Crippen LogP contribution in [0.3, 0.4) is 0 Å². The second-order valence-electron chi connectivity index (χ2n) is 8.52. The van der Waals surface area contributed by atoms with Crippen LogP contribution in [0.15, 0.2) is 30.3 Å². The number of nitrogens with zero attached hydrogens (tertiary/aromatic N) is 4. The molecule has 1 saturated carbocycles. The lowest BCUT2D eigenvalue weighted by Gasteiger charge is -2.22. The highest BCUT2D eigenvalue weighted by Crippen LogP contribution is 2.50. The van der Waals surface area contributed by atoms with Crippen molar-refractivity contribution in [1.82, 2.24) is 25.5 Å². The Kier molecular flexibility index (Phi) is 6.75. The Balaban J connectivity index is 1.77. The summed E-state index contributed by atoms with van der Waals surface area (Å²) in [6.07, 6.45) is -0.872. The summed E-state index contributed by atoms with van der Waals surface area (Å²) in [4.78, 5) is 37.9. The SMILES string of the molecule is CCOC(=O)C1C(Cn2nnc(-c3ccccc3)n2)C1C(NC(=O)OC(C)(C)C)C(=O)O. The average molecular weight is 445 g/mol. The van der Waals surface area contributed by atoms with Crippen LogP contribution in [0.4, 0.5) is 4.79 Å². The molecule has 2 N–H and O–H groups in total. The largest absolute Gasteiger partial charge is 0.480 e. The number of ether oxygens (including phenoxy) is 2. The first kappa shape index (κ1) is 23.2. The summed E-state index contributed by atoms with van der Waals surface area (Å²) in [6.45, 7) is 6.99. The highest BCUT2D eigenvalue weighted by atomic mass is 16.6. The van der Waals surface area contributed by atoms with Gasteiger partial charge in [0.25, 0.3) is 0 Å². The van der Waals surface area contributed by atoms with E-state index in [0.717, 1.165) is 5.56 Å². The van der Waals surface area contributed by atoms with Gasteiger partial charge in [-0.25, -0.2) is 9.59 Å². The zero-order valence-corrected chi connectivity index (χ0v) is 18.4. The Bertz CT molecular complexity index is 971. The van der Waals surface area contributed by atoms with Gasteiger partial charge in [0.05, 0.1) is 19.1 Å². The van der Waals surface area contributed by atoms with E-state index in [-0.39, 0.29) is 13.2 Å². The van der Waals surface area contributed by atoms with Crippen LogP contribution < -0.4 is 5.32 Å². The number of carboxylic acid groups (broad SMARTS) is 1. The summed E-state index contributed by atoms with van der Waals surface area (Å²) in [7, 11) is 0. The molecule has 0 saturated heterocycles. The summed E-state index contributed by atoms with van der Waals surface area (Å²) in [5.41, 5.74) is -0.0159. The predicted octanol–water partition coefficient (Wildman–Crippen LogP) is 1.74. The minimum atomic E-state index is -1.33. The maximum atomic E-state index is 12.5. The molecule has 11 heteroatoms. The standard InChI is InChI=1S/C21H27N5O6/c1-5-31-19(29)15-13(11-26-24-17(23-25-26)12-9-7-6-8-10-12)14(15)16(18(27)28)22-20(30)32-21(2,3)4/h6-10,13-16H,5,11H2,1-4H3,(H,22,30)(H,27,28). The van der Waals surface area contributed by atoms with Gasteiger partial charge in [-0.05, 0) is 32.9 Å². The summed E-state index contributed by atoms with van der Waals surface area (Å²) in [5.74, 6) is -3.26. The molecule has 1 aliphatic rings. The molecule has 2 aromatic rings. The number of rotatable bonds is 8. The summed E-state index contributed by atoms with van der Waals surface area (Å²) >= 11 is 0. The van der Waals surface area contributed by atoms with Crippen LogP contribution in [-0.4, -0.2) is 61.6 Å². The van der Waals surface area contributed by atoms with E-state index in [1.807, 2.05) is 30.3 Å². The smallest absolute Gasteiger partial charge is 0.408 e. The summed E-state index contributed by atoms with van der Waals surface area (Å²) < 4.78 is 10.3. The average Bonchev–Trinajstić information content (AvgIpc) is 3.19. The Labute approximate surface area is 185 Å². The van der Waals surface area contributed by atoms with Crippen LogP contribution in [0.25, 0.3) is 11.4 Å². The molecule has 1 heterocycles. The van der Waals surface area contributed by atoms with Gasteiger partial charge in [0.1, 0.15) is 11.6 Å². The topological polar surface area (TPSA) is 146 Å². The predicted molar refractivity (Wildman–Crippen MR) is 111 cm³/mol. The van der Waals surface area contributed by atoms with E-state index < -0.39 is 47.4 Å². The quantitative estimate of drug-likeness (QED) is 0.580. The minimum Gasteiger partial charge on any atom is -0.480 e. The summed E-state index contributed by atoms with van der Waals surface area (Å²) in [6, 6.07) is 7.92. The van der Waals surface area contributed by atoms with Gasteiger partial charge in [0, 0.05) is 17.4 Å². The zero-order chi connectivity index (χ0) is 23.5. The maximum absolute atomic E-state index is 12.5. The highest BCUT2D eigenvalue weighted by molar-refractivity contribution is 5.84. The van der Waals surface area contributed by atoms with Crippen molar-refractivity contribution < 1.29 is 29.0 Å². The van der Waals surface area contributed by atoms with Gasteiger partial charge >= 0.3 is 18.0 Å². The van der Waals surface area contributed by atoms with E-state index >= 15 is 0 Å². The van der Waals surface area contributed by atoms with Crippen LogP contribution in [-0.2, 0) is 25.6 Å². The number of carbonyl (C=O) groups is 3. The molecule has 11 nitrogen and oxygen atoms in total. The second kappa shape index (κ2) is 9.33. The number of carboxylic acids is 1. The Morgan fingerprint density at radius 1 is 1.22 bits per heavy atom. The van der Waals surface area contributed by atoms with E-state index in [4.69, 9.17) is 9.47 Å². The van der Waals surface area contributed by atoms with Crippen LogP contribution in [0, 0.1) is 17.8 Å². The number of nitrogens with one attached hydrogen (secondary N) is 1. The molecule has 0 spiro atoms. The van der Waals surface area contributed by atoms with Crippen molar-refractivity contribution in [2.75, 3.05) is 6.61 Å². The number of hydrogen-bond acceptors (Lipinski definition) is 8. The number of tetrazole rings is 1.